The predicted octanol–water partition coefficient (Wildman–Crippen LogP) is 2.45. The van der Waals surface area contributed by atoms with Gasteiger partial charge in [-0.2, -0.15) is 15.2 Å². The molecule has 0 aliphatic heterocycles. The Morgan fingerprint density at radius 3 is 2.47 bits per heavy atom. The van der Waals surface area contributed by atoms with Crippen LogP contribution in [0.15, 0.2) is 18.5 Å². The highest BCUT2D eigenvalue weighted by atomic mass is 35.5. The summed E-state index contributed by atoms with van der Waals surface area (Å²) >= 11 is 6.17. The van der Waals surface area contributed by atoms with Crippen LogP contribution in [0.25, 0.3) is 5.82 Å². The molecule has 0 fully saturated rings. The van der Waals surface area contributed by atoms with Gasteiger partial charge in [-0.1, -0.05) is 25.4 Å². The van der Waals surface area contributed by atoms with Crippen molar-refractivity contribution in [2.75, 3.05) is 7.11 Å². The minimum atomic E-state index is 0.287. The van der Waals surface area contributed by atoms with Crippen LogP contribution in [0.2, 0.25) is 5.02 Å². The van der Waals surface area contributed by atoms with Crippen molar-refractivity contribution in [1.29, 1.82) is 0 Å². The van der Waals surface area contributed by atoms with E-state index in [9.17, 15) is 0 Å². The van der Waals surface area contributed by atoms with Crippen LogP contribution in [0.1, 0.15) is 25.3 Å². The first-order valence-corrected chi connectivity index (χ1v) is 5.62. The first kappa shape index (κ1) is 11.9. The average molecular weight is 253 g/mol. The van der Waals surface area contributed by atoms with E-state index in [4.69, 9.17) is 16.3 Å². The van der Waals surface area contributed by atoms with Gasteiger partial charge in [0.25, 0.3) is 0 Å². The molecule has 0 atom stereocenters. The topological polar surface area (TPSA) is 52.8 Å². The average Bonchev–Trinajstić information content (AvgIpc) is 2.82. The van der Waals surface area contributed by atoms with Crippen molar-refractivity contribution >= 4 is 11.6 Å². The van der Waals surface area contributed by atoms with Crippen LogP contribution in [0, 0.1) is 0 Å². The number of hydrogen-bond donors (Lipinski definition) is 0. The number of aromatic nitrogens is 4. The molecule has 90 valence electrons. The summed E-state index contributed by atoms with van der Waals surface area (Å²) in [5, 5.41) is 8.51. The molecule has 0 N–H and O–H groups in total. The summed E-state index contributed by atoms with van der Waals surface area (Å²) in [6.07, 6.45) is 3.14. The van der Waals surface area contributed by atoms with E-state index < -0.39 is 0 Å². The van der Waals surface area contributed by atoms with E-state index in [0.29, 0.717) is 16.7 Å². The molecule has 5 nitrogen and oxygen atoms in total. The SMILES string of the molecule is COc1nc(-n2nccn2)c(Cl)cc1C(C)C. The maximum Gasteiger partial charge on any atom is 0.218 e. The second kappa shape index (κ2) is 4.71. The van der Waals surface area contributed by atoms with Crippen molar-refractivity contribution in [1.82, 2.24) is 20.0 Å². The summed E-state index contributed by atoms with van der Waals surface area (Å²) in [5.41, 5.74) is 0.966. The molecule has 0 amide bonds. The highest BCUT2D eigenvalue weighted by Gasteiger charge is 2.15. The van der Waals surface area contributed by atoms with Crippen LogP contribution in [0.3, 0.4) is 0 Å². The summed E-state index contributed by atoms with van der Waals surface area (Å²) < 4.78 is 5.26. The van der Waals surface area contributed by atoms with Crippen LogP contribution in [-0.2, 0) is 0 Å². The second-order valence-electron chi connectivity index (χ2n) is 3.87. The lowest BCUT2D eigenvalue weighted by Gasteiger charge is -2.13. The Morgan fingerprint density at radius 2 is 1.94 bits per heavy atom. The molecule has 0 aliphatic rings. The van der Waals surface area contributed by atoms with E-state index in [2.05, 4.69) is 29.0 Å². The van der Waals surface area contributed by atoms with Crippen LogP contribution < -0.4 is 4.74 Å². The van der Waals surface area contributed by atoms with Crippen molar-refractivity contribution in [3.8, 4) is 11.7 Å². The van der Waals surface area contributed by atoms with Gasteiger partial charge in [-0.05, 0) is 12.0 Å². The molecule has 6 heteroatoms. The molecule has 2 rings (SSSR count). The lowest BCUT2D eigenvalue weighted by atomic mass is 10.1. The fourth-order valence-electron chi connectivity index (χ4n) is 1.52. The normalized spacial score (nSPS) is 10.9. The molecule has 0 aromatic carbocycles. The Bertz CT molecular complexity index is 510. The summed E-state index contributed by atoms with van der Waals surface area (Å²) in [4.78, 5) is 5.71. The third-order valence-electron chi connectivity index (χ3n) is 2.37. The van der Waals surface area contributed by atoms with E-state index in [1.807, 2.05) is 6.07 Å². The summed E-state index contributed by atoms with van der Waals surface area (Å²) in [5.74, 6) is 1.31. The molecule has 0 radical (unpaired) electrons. The number of pyridine rings is 1. The molecule has 17 heavy (non-hydrogen) atoms. The van der Waals surface area contributed by atoms with Gasteiger partial charge in [0.05, 0.1) is 24.5 Å². The van der Waals surface area contributed by atoms with Crippen molar-refractivity contribution < 1.29 is 4.74 Å². The van der Waals surface area contributed by atoms with E-state index in [1.165, 1.54) is 4.80 Å². The van der Waals surface area contributed by atoms with E-state index in [-0.39, 0.29) is 5.92 Å². The third-order valence-corrected chi connectivity index (χ3v) is 2.65. The van der Waals surface area contributed by atoms with Crippen LogP contribution in [0.4, 0.5) is 0 Å². The molecular formula is C11H13ClN4O. The minimum absolute atomic E-state index is 0.287. The van der Waals surface area contributed by atoms with Crippen LogP contribution >= 0.6 is 11.6 Å². The fourth-order valence-corrected chi connectivity index (χ4v) is 1.75. The van der Waals surface area contributed by atoms with Crippen molar-refractivity contribution in [3.63, 3.8) is 0 Å². The molecule has 0 unspecified atom stereocenters. The Labute approximate surface area is 104 Å². The lowest BCUT2D eigenvalue weighted by Crippen LogP contribution is -2.06. The van der Waals surface area contributed by atoms with Gasteiger partial charge in [0.1, 0.15) is 0 Å². The zero-order chi connectivity index (χ0) is 12.4. The molecule has 0 saturated heterocycles. The second-order valence-corrected chi connectivity index (χ2v) is 4.27. The van der Waals surface area contributed by atoms with Crippen LogP contribution in [0.5, 0.6) is 5.88 Å². The maximum atomic E-state index is 6.17. The molecule has 2 heterocycles. The zero-order valence-corrected chi connectivity index (χ0v) is 10.6. The molecular weight excluding hydrogens is 240 g/mol. The highest BCUT2D eigenvalue weighted by Crippen LogP contribution is 2.30. The number of hydrogen-bond acceptors (Lipinski definition) is 4. The molecule has 2 aromatic heterocycles. The van der Waals surface area contributed by atoms with Gasteiger partial charge in [-0.15, -0.1) is 4.80 Å². The Hall–Kier alpha value is -1.62. The monoisotopic (exact) mass is 252 g/mol. The summed E-state index contributed by atoms with van der Waals surface area (Å²) in [6.45, 7) is 4.11. The Kier molecular flexibility index (Phi) is 3.28. The van der Waals surface area contributed by atoms with Gasteiger partial charge in [0, 0.05) is 5.56 Å². The van der Waals surface area contributed by atoms with Crippen molar-refractivity contribution in [3.05, 3.63) is 29.0 Å². The first-order valence-electron chi connectivity index (χ1n) is 5.24. The number of methoxy groups -OCH3 is 1. The maximum absolute atomic E-state index is 6.17. The lowest BCUT2D eigenvalue weighted by molar-refractivity contribution is 0.389. The van der Waals surface area contributed by atoms with Gasteiger partial charge >= 0.3 is 0 Å². The molecule has 2 aromatic rings. The van der Waals surface area contributed by atoms with Gasteiger partial charge < -0.3 is 4.74 Å². The van der Waals surface area contributed by atoms with Crippen molar-refractivity contribution in [2.24, 2.45) is 0 Å². The largest absolute Gasteiger partial charge is 0.481 e. The minimum Gasteiger partial charge on any atom is -0.481 e. The predicted molar refractivity (Wildman–Crippen MR) is 64.8 cm³/mol. The van der Waals surface area contributed by atoms with Crippen LogP contribution in [-0.4, -0.2) is 27.1 Å². The summed E-state index contributed by atoms with van der Waals surface area (Å²) in [7, 11) is 1.59. The van der Waals surface area contributed by atoms with Crippen molar-refractivity contribution in [2.45, 2.75) is 19.8 Å². The molecule has 0 bridgehead atoms. The van der Waals surface area contributed by atoms with Gasteiger partial charge in [-0.25, -0.2) is 0 Å². The van der Waals surface area contributed by atoms with Gasteiger partial charge in [0.2, 0.25) is 5.88 Å². The number of halogens is 1. The van der Waals surface area contributed by atoms with Gasteiger partial charge in [-0.3, -0.25) is 0 Å². The molecule has 0 spiro atoms. The molecule has 0 saturated carbocycles. The van der Waals surface area contributed by atoms with E-state index >= 15 is 0 Å². The Balaban J connectivity index is 2.56. The van der Waals surface area contributed by atoms with E-state index in [0.717, 1.165) is 5.56 Å². The Morgan fingerprint density at radius 1 is 1.29 bits per heavy atom. The molecule has 0 aliphatic carbocycles. The third kappa shape index (κ3) is 2.24. The summed E-state index contributed by atoms with van der Waals surface area (Å²) in [6, 6.07) is 1.84. The highest BCUT2D eigenvalue weighted by molar-refractivity contribution is 6.32. The fraction of sp³-hybridized carbons (Fsp3) is 0.364. The standard InChI is InChI=1S/C11H13ClN4O/c1-7(2)8-6-9(12)10(15-11(8)17-3)16-13-4-5-14-16/h4-7H,1-3H3. The quantitative estimate of drug-likeness (QED) is 0.842. The van der Waals surface area contributed by atoms with Gasteiger partial charge in [0.15, 0.2) is 5.82 Å². The number of ether oxygens (including phenoxy) is 1. The number of rotatable bonds is 3. The number of nitrogens with zero attached hydrogens (tertiary/aromatic N) is 4. The first-order chi connectivity index (χ1) is 8.13. The zero-order valence-electron chi connectivity index (χ0n) is 9.88. The smallest absolute Gasteiger partial charge is 0.218 e. The van der Waals surface area contributed by atoms with E-state index in [1.54, 1.807) is 19.5 Å².